The highest BCUT2D eigenvalue weighted by Crippen LogP contribution is 2.18. The van der Waals surface area contributed by atoms with Crippen molar-refractivity contribution in [3.05, 3.63) is 18.2 Å². The summed E-state index contributed by atoms with van der Waals surface area (Å²) in [4.78, 5) is 23.5. The number of guanidine groups is 1. The molecule has 1 aromatic rings. The summed E-state index contributed by atoms with van der Waals surface area (Å²) in [5.74, 6) is 2.21. The molecule has 7 nitrogen and oxygen atoms in total. The zero-order valence-corrected chi connectivity index (χ0v) is 19.3. The predicted octanol–water partition coefficient (Wildman–Crippen LogP) is 2.90. The highest BCUT2D eigenvalue weighted by molar-refractivity contribution is 14.0. The molecule has 2 rings (SSSR count). The van der Waals surface area contributed by atoms with Crippen LogP contribution < -0.4 is 5.32 Å². The lowest BCUT2D eigenvalue weighted by atomic mass is 9.98. The number of halogens is 1. The molecular weight excluding hydrogens is 457 g/mol. The molecular formula is C19H34IN5O2. The summed E-state index contributed by atoms with van der Waals surface area (Å²) in [6.45, 7) is 12.6. The van der Waals surface area contributed by atoms with Gasteiger partial charge in [0.2, 0.25) is 0 Å². The minimum Gasteiger partial charge on any atom is -0.466 e. The SMILES string of the molecule is CCNC(=NCc1nccn1CC(C)C)N1CCCC(C(=O)OCC)C1.I. The van der Waals surface area contributed by atoms with Crippen molar-refractivity contribution in [3.63, 3.8) is 0 Å². The fourth-order valence-electron chi connectivity index (χ4n) is 3.24. The Morgan fingerprint density at radius 3 is 2.89 bits per heavy atom. The number of esters is 1. The Morgan fingerprint density at radius 1 is 1.44 bits per heavy atom. The Balaban J connectivity index is 0.00000364. The zero-order chi connectivity index (χ0) is 18.9. The lowest BCUT2D eigenvalue weighted by molar-refractivity contribution is -0.149. The number of hydrogen-bond donors (Lipinski definition) is 1. The van der Waals surface area contributed by atoms with Crippen LogP contribution in [0.4, 0.5) is 0 Å². The minimum absolute atomic E-state index is 0. The van der Waals surface area contributed by atoms with E-state index in [0.29, 0.717) is 25.6 Å². The number of rotatable bonds is 7. The monoisotopic (exact) mass is 491 g/mol. The molecule has 1 fully saturated rings. The second-order valence-electron chi connectivity index (χ2n) is 7.10. The number of likely N-dealkylation sites (tertiary alicyclic amines) is 1. The van der Waals surface area contributed by atoms with E-state index in [-0.39, 0.29) is 35.9 Å². The average molecular weight is 491 g/mol. The molecule has 1 aliphatic heterocycles. The molecule has 0 bridgehead atoms. The van der Waals surface area contributed by atoms with Crippen LogP contribution in [0.25, 0.3) is 0 Å². The molecule has 1 atom stereocenters. The summed E-state index contributed by atoms with van der Waals surface area (Å²) in [5.41, 5.74) is 0. The average Bonchev–Trinajstić information content (AvgIpc) is 3.05. The van der Waals surface area contributed by atoms with E-state index in [1.54, 1.807) is 0 Å². The van der Waals surface area contributed by atoms with Gasteiger partial charge in [-0.25, -0.2) is 9.98 Å². The van der Waals surface area contributed by atoms with Crippen molar-refractivity contribution in [3.8, 4) is 0 Å². The van der Waals surface area contributed by atoms with Crippen molar-refractivity contribution in [2.24, 2.45) is 16.8 Å². The van der Waals surface area contributed by atoms with E-state index in [9.17, 15) is 4.79 Å². The zero-order valence-electron chi connectivity index (χ0n) is 17.0. The molecule has 0 aliphatic carbocycles. The quantitative estimate of drug-likeness (QED) is 0.275. The number of aliphatic imine (C=N–C) groups is 1. The summed E-state index contributed by atoms with van der Waals surface area (Å²) in [7, 11) is 0. The minimum atomic E-state index is -0.0967. The molecule has 1 aromatic heterocycles. The number of aromatic nitrogens is 2. The van der Waals surface area contributed by atoms with Crippen molar-refractivity contribution >= 4 is 35.9 Å². The number of imidazole rings is 1. The van der Waals surface area contributed by atoms with Gasteiger partial charge in [0.25, 0.3) is 0 Å². The molecule has 0 radical (unpaired) electrons. The number of ether oxygens (including phenoxy) is 1. The molecule has 8 heteroatoms. The molecule has 0 saturated carbocycles. The van der Waals surface area contributed by atoms with Crippen molar-refractivity contribution in [2.45, 2.75) is 53.6 Å². The van der Waals surface area contributed by atoms with E-state index in [0.717, 1.165) is 44.3 Å². The number of carbonyl (C=O) groups is 1. The largest absolute Gasteiger partial charge is 0.466 e. The summed E-state index contributed by atoms with van der Waals surface area (Å²) >= 11 is 0. The summed E-state index contributed by atoms with van der Waals surface area (Å²) < 4.78 is 7.36. The van der Waals surface area contributed by atoms with Crippen molar-refractivity contribution in [1.82, 2.24) is 19.8 Å². The van der Waals surface area contributed by atoms with E-state index >= 15 is 0 Å². The van der Waals surface area contributed by atoms with Crippen LogP contribution in [-0.4, -0.2) is 52.6 Å². The maximum absolute atomic E-state index is 12.1. The van der Waals surface area contributed by atoms with Crippen molar-refractivity contribution < 1.29 is 9.53 Å². The Bertz CT molecular complexity index is 603. The van der Waals surface area contributed by atoms with Gasteiger partial charge in [0.1, 0.15) is 12.4 Å². The van der Waals surface area contributed by atoms with Crippen molar-refractivity contribution in [2.75, 3.05) is 26.2 Å². The lowest BCUT2D eigenvalue weighted by Gasteiger charge is -2.34. The smallest absolute Gasteiger partial charge is 0.310 e. The molecule has 1 N–H and O–H groups in total. The van der Waals surface area contributed by atoms with E-state index in [4.69, 9.17) is 9.73 Å². The third-order valence-electron chi connectivity index (χ3n) is 4.41. The number of piperidine rings is 1. The van der Waals surface area contributed by atoms with E-state index in [2.05, 4.69) is 40.5 Å². The second kappa shape index (κ2) is 12.2. The van der Waals surface area contributed by atoms with Gasteiger partial charge in [0.15, 0.2) is 5.96 Å². The highest BCUT2D eigenvalue weighted by Gasteiger charge is 2.28. The van der Waals surface area contributed by atoms with Gasteiger partial charge in [-0.1, -0.05) is 13.8 Å². The number of nitrogens with one attached hydrogen (secondary N) is 1. The van der Waals surface area contributed by atoms with Crippen LogP contribution >= 0.6 is 24.0 Å². The molecule has 1 unspecified atom stereocenters. The first-order valence-electron chi connectivity index (χ1n) is 9.75. The van der Waals surface area contributed by atoms with E-state index in [1.807, 2.05) is 19.3 Å². The van der Waals surface area contributed by atoms with Crippen LogP contribution in [0.1, 0.15) is 46.4 Å². The van der Waals surface area contributed by atoms with Gasteiger partial charge in [0.05, 0.1) is 12.5 Å². The Morgan fingerprint density at radius 2 is 2.22 bits per heavy atom. The van der Waals surface area contributed by atoms with E-state index < -0.39 is 0 Å². The normalized spacial score (nSPS) is 17.6. The van der Waals surface area contributed by atoms with Gasteiger partial charge >= 0.3 is 5.97 Å². The van der Waals surface area contributed by atoms with Crippen LogP contribution in [0.3, 0.4) is 0 Å². The summed E-state index contributed by atoms with van der Waals surface area (Å²) in [5, 5.41) is 3.35. The molecule has 27 heavy (non-hydrogen) atoms. The molecule has 0 spiro atoms. The topological polar surface area (TPSA) is 71.8 Å². The van der Waals surface area contributed by atoms with E-state index in [1.165, 1.54) is 0 Å². The van der Waals surface area contributed by atoms with Gasteiger partial charge in [-0.05, 0) is 32.6 Å². The molecule has 0 amide bonds. The molecule has 1 saturated heterocycles. The number of carbonyl (C=O) groups excluding carboxylic acids is 1. The molecule has 2 heterocycles. The van der Waals surface area contributed by atoms with Gasteiger partial charge < -0.3 is 19.5 Å². The molecule has 1 aliphatic rings. The Kier molecular flexibility index (Phi) is 10.7. The fourth-order valence-corrected chi connectivity index (χ4v) is 3.24. The van der Waals surface area contributed by atoms with Crippen LogP contribution in [0.15, 0.2) is 17.4 Å². The summed E-state index contributed by atoms with van der Waals surface area (Å²) in [6.07, 6.45) is 5.69. The van der Waals surface area contributed by atoms with Crippen LogP contribution in [0.2, 0.25) is 0 Å². The summed E-state index contributed by atoms with van der Waals surface area (Å²) in [6, 6.07) is 0. The van der Waals surface area contributed by atoms with Gasteiger partial charge in [-0.15, -0.1) is 24.0 Å². The lowest BCUT2D eigenvalue weighted by Crippen LogP contribution is -2.48. The maximum atomic E-state index is 12.1. The first-order valence-corrected chi connectivity index (χ1v) is 9.75. The Hall–Kier alpha value is -1.32. The van der Waals surface area contributed by atoms with Crippen LogP contribution in [-0.2, 0) is 22.6 Å². The second-order valence-corrected chi connectivity index (χ2v) is 7.10. The first-order chi connectivity index (χ1) is 12.5. The first kappa shape index (κ1) is 23.7. The highest BCUT2D eigenvalue weighted by atomic mass is 127. The van der Waals surface area contributed by atoms with Crippen molar-refractivity contribution in [1.29, 1.82) is 0 Å². The van der Waals surface area contributed by atoms with Crippen LogP contribution in [0.5, 0.6) is 0 Å². The predicted molar refractivity (Wildman–Crippen MR) is 118 cm³/mol. The third kappa shape index (κ3) is 7.31. The van der Waals surface area contributed by atoms with Gasteiger partial charge in [-0.2, -0.15) is 0 Å². The van der Waals surface area contributed by atoms with Crippen LogP contribution in [0, 0.1) is 11.8 Å². The third-order valence-corrected chi connectivity index (χ3v) is 4.41. The molecule has 0 aromatic carbocycles. The van der Waals surface area contributed by atoms with Gasteiger partial charge in [0, 0.05) is 38.6 Å². The number of nitrogens with zero attached hydrogens (tertiary/aromatic N) is 4. The molecule has 154 valence electrons. The standard InChI is InChI=1S/C19H33N5O2.HI/c1-5-20-19(22-12-17-21-9-11-23(17)13-15(3)4)24-10-7-8-16(14-24)18(25)26-6-2;/h9,11,15-16H,5-8,10,12-14H2,1-4H3,(H,20,22);1H. The fraction of sp³-hybridized carbons (Fsp3) is 0.737. The van der Waals surface area contributed by atoms with Gasteiger partial charge in [-0.3, -0.25) is 4.79 Å². The Labute approximate surface area is 180 Å². The maximum Gasteiger partial charge on any atom is 0.310 e. The number of hydrogen-bond acceptors (Lipinski definition) is 4.